The van der Waals surface area contributed by atoms with Gasteiger partial charge in [-0.05, 0) is 24.3 Å². The summed E-state index contributed by atoms with van der Waals surface area (Å²) in [5, 5.41) is 4.57. The number of nitrogens with zero attached hydrogens (tertiary/aromatic N) is 1. The Balaban J connectivity index is 1.48. The van der Waals surface area contributed by atoms with E-state index in [-0.39, 0.29) is 0 Å². The second-order valence-electron chi connectivity index (χ2n) is 5.44. The van der Waals surface area contributed by atoms with Gasteiger partial charge < -0.3 is 24.1 Å². The zero-order valence-corrected chi connectivity index (χ0v) is 14.0. The highest BCUT2D eigenvalue weighted by atomic mass is 16.6. The van der Waals surface area contributed by atoms with Gasteiger partial charge in [0.15, 0.2) is 18.1 Å². The van der Waals surface area contributed by atoms with Crippen molar-refractivity contribution in [3.05, 3.63) is 42.2 Å². The number of aromatic nitrogens is 1. The molecule has 1 aromatic carbocycles. The Hall–Kier alpha value is -3.49. The van der Waals surface area contributed by atoms with Gasteiger partial charge in [0.05, 0.1) is 0 Å². The van der Waals surface area contributed by atoms with Crippen molar-refractivity contribution in [2.24, 2.45) is 7.05 Å². The van der Waals surface area contributed by atoms with Gasteiger partial charge in [-0.15, -0.1) is 0 Å². The smallest absolute Gasteiger partial charge is 0.355 e. The normalized spacial score (nSPS) is 12.2. The van der Waals surface area contributed by atoms with Gasteiger partial charge in [-0.25, -0.2) is 9.59 Å². The highest BCUT2D eigenvalue weighted by molar-refractivity contribution is 6.02. The number of amides is 3. The molecule has 0 spiro atoms. The minimum absolute atomic E-state index is 0.304. The Morgan fingerprint density at radius 2 is 1.92 bits per heavy atom. The van der Waals surface area contributed by atoms with Gasteiger partial charge in [0, 0.05) is 25.0 Å². The third-order valence-corrected chi connectivity index (χ3v) is 3.54. The molecule has 9 heteroatoms. The lowest BCUT2D eigenvalue weighted by atomic mass is 10.2. The van der Waals surface area contributed by atoms with Gasteiger partial charge in [0.2, 0.25) is 0 Å². The average Bonchev–Trinajstić information content (AvgIpc) is 3.05. The molecule has 3 rings (SSSR count). The number of hydrogen-bond acceptors (Lipinski definition) is 6. The topological polar surface area (TPSA) is 108 Å². The third kappa shape index (κ3) is 4.12. The molecule has 2 N–H and O–H groups in total. The van der Waals surface area contributed by atoms with E-state index in [4.69, 9.17) is 14.2 Å². The maximum absolute atomic E-state index is 11.9. The Labute approximate surface area is 148 Å². The Morgan fingerprint density at radius 1 is 1.15 bits per heavy atom. The summed E-state index contributed by atoms with van der Waals surface area (Å²) in [6.45, 7) is 0.322. The van der Waals surface area contributed by atoms with Crippen LogP contribution in [0, 0.1) is 0 Å². The molecule has 0 aliphatic carbocycles. The molecular formula is C17H17N3O6. The largest absolute Gasteiger partial charge is 0.486 e. The Morgan fingerprint density at radius 3 is 2.65 bits per heavy atom. The quantitative estimate of drug-likeness (QED) is 0.797. The molecule has 26 heavy (non-hydrogen) atoms. The van der Waals surface area contributed by atoms with E-state index in [0.29, 0.717) is 36.1 Å². The maximum atomic E-state index is 11.9. The van der Waals surface area contributed by atoms with Gasteiger partial charge in [0.25, 0.3) is 5.91 Å². The van der Waals surface area contributed by atoms with Crippen molar-refractivity contribution >= 4 is 23.6 Å². The molecule has 2 heterocycles. The third-order valence-electron chi connectivity index (χ3n) is 3.54. The van der Waals surface area contributed by atoms with Crippen molar-refractivity contribution in [1.82, 2.24) is 9.88 Å². The second-order valence-corrected chi connectivity index (χ2v) is 5.44. The first-order valence-electron chi connectivity index (χ1n) is 7.82. The molecule has 0 saturated heterocycles. The fraction of sp³-hybridized carbons (Fsp3) is 0.235. The fourth-order valence-electron chi connectivity index (χ4n) is 2.32. The summed E-state index contributed by atoms with van der Waals surface area (Å²) >= 11 is 0. The molecule has 0 radical (unpaired) electrons. The number of rotatable bonds is 4. The summed E-state index contributed by atoms with van der Waals surface area (Å²) in [5.41, 5.74) is 0.735. The van der Waals surface area contributed by atoms with Crippen molar-refractivity contribution in [3.63, 3.8) is 0 Å². The molecule has 0 atom stereocenters. The lowest BCUT2D eigenvalue weighted by Gasteiger charge is -2.19. The number of hydrogen-bond donors (Lipinski definition) is 2. The molecule has 0 bridgehead atoms. The number of esters is 1. The predicted molar refractivity (Wildman–Crippen MR) is 90.3 cm³/mol. The maximum Gasteiger partial charge on any atom is 0.355 e. The standard InChI is InChI=1S/C17H17N3O6/c1-20-6-2-3-12(20)16(22)26-10-15(21)19-17(23)18-11-4-5-13-14(9-11)25-8-7-24-13/h2-6,9H,7-8,10H2,1H3,(H2,18,19,21,23). The summed E-state index contributed by atoms with van der Waals surface area (Å²) in [6, 6.07) is 7.36. The molecule has 3 amide bonds. The van der Waals surface area contributed by atoms with E-state index in [0.717, 1.165) is 0 Å². The first kappa shape index (κ1) is 17.3. The zero-order chi connectivity index (χ0) is 18.5. The monoisotopic (exact) mass is 359 g/mol. The highest BCUT2D eigenvalue weighted by Gasteiger charge is 2.16. The number of nitrogens with one attached hydrogen (secondary N) is 2. The average molecular weight is 359 g/mol. The molecule has 0 saturated carbocycles. The van der Waals surface area contributed by atoms with Crippen molar-refractivity contribution in [1.29, 1.82) is 0 Å². The molecule has 2 aromatic rings. The minimum Gasteiger partial charge on any atom is -0.486 e. The van der Waals surface area contributed by atoms with Crippen molar-refractivity contribution in [2.75, 3.05) is 25.1 Å². The van der Waals surface area contributed by atoms with Crippen LogP contribution in [0.3, 0.4) is 0 Å². The molecule has 136 valence electrons. The van der Waals surface area contributed by atoms with Gasteiger partial charge in [-0.3, -0.25) is 10.1 Å². The van der Waals surface area contributed by atoms with Crippen LogP contribution in [0.5, 0.6) is 11.5 Å². The molecule has 0 fully saturated rings. The van der Waals surface area contributed by atoms with E-state index in [1.54, 1.807) is 48.1 Å². The summed E-state index contributed by atoms with van der Waals surface area (Å²) < 4.78 is 17.2. The first-order chi connectivity index (χ1) is 12.5. The predicted octanol–water partition coefficient (Wildman–Crippen LogP) is 1.30. The van der Waals surface area contributed by atoms with Crippen LogP contribution in [-0.2, 0) is 16.6 Å². The van der Waals surface area contributed by atoms with Crippen molar-refractivity contribution < 1.29 is 28.6 Å². The van der Waals surface area contributed by atoms with E-state index in [1.807, 2.05) is 0 Å². The lowest BCUT2D eigenvalue weighted by Crippen LogP contribution is -2.37. The number of carbonyl (C=O) groups excluding carboxylic acids is 3. The SMILES string of the molecule is Cn1cccc1C(=O)OCC(=O)NC(=O)Nc1ccc2c(c1)OCCO2. The van der Waals surface area contributed by atoms with E-state index in [1.165, 1.54) is 0 Å². The summed E-state index contributed by atoms with van der Waals surface area (Å²) in [7, 11) is 1.68. The number of fused-ring (bicyclic) bond motifs is 1. The second kappa shape index (κ2) is 7.60. The summed E-state index contributed by atoms with van der Waals surface area (Å²) in [4.78, 5) is 35.4. The number of aryl methyl sites for hydroxylation is 1. The number of carbonyl (C=O) groups is 3. The van der Waals surface area contributed by atoms with E-state index >= 15 is 0 Å². The molecule has 1 aromatic heterocycles. The van der Waals surface area contributed by atoms with Crippen LogP contribution < -0.4 is 20.1 Å². The van der Waals surface area contributed by atoms with E-state index in [2.05, 4.69) is 10.6 Å². The summed E-state index contributed by atoms with van der Waals surface area (Å²) in [5.74, 6) is -0.301. The number of ether oxygens (including phenoxy) is 3. The summed E-state index contributed by atoms with van der Waals surface area (Å²) in [6.07, 6.45) is 1.68. The molecular weight excluding hydrogens is 342 g/mol. The minimum atomic E-state index is -0.749. The number of urea groups is 1. The molecule has 0 unspecified atom stereocenters. The number of anilines is 1. The van der Waals surface area contributed by atoms with Crippen LogP contribution in [0.15, 0.2) is 36.5 Å². The van der Waals surface area contributed by atoms with Crippen LogP contribution in [0.1, 0.15) is 10.5 Å². The van der Waals surface area contributed by atoms with Crippen LogP contribution in [0.25, 0.3) is 0 Å². The highest BCUT2D eigenvalue weighted by Crippen LogP contribution is 2.32. The van der Waals surface area contributed by atoms with Crippen LogP contribution in [0.2, 0.25) is 0 Å². The van der Waals surface area contributed by atoms with Crippen LogP contribution >= 0.6 is 0 Å². The van der Waals surface area contributed by atoms with Crippen molar-refractivity contribution in [2.45, 2.75) is 0 Å². The van der Waals surface area contributed by atoms with Gasteiger partial charge in [-0.2, -0.15) is 0 Å². The number of benzene rings is 1. The first-order valence-corrected chi connectivity index (χ1v) is 7.82. The Kier molecular flexibility index (Phi) is 5.07. The van der Waals surface area contributed by atoms with E-state index < -0.39 is 24.5 Å². The Bertz CT molecular complexity index is 845. The van der Waals surface area contributed by atoms with Crippen molar-refractivity contribution in [3.8, 4) is 11.5 Å². The molecule has 9 nitrogen and oxygen atoms in total. The van der Waals surface area contributed by atoms with E-state index in [9.17, 15) is 14.4 Å². The molecule has 1 aliphatic rings. The van der Waals surface area contributed by atoms with Gasteiger partial charge >= 0.3 is 12.0 Å². The number of imide groups is 1. The fourth-order valence-corrected chi connectivity index (χ4v) is 2.32. The lowest BCUT2D eigenvalue weighted by molar-refractivity contribution is -0.123. The van der Waals surface area contributed by atoms with Gasteiger partial charge in [-0.1, -0.05) is 0 Å². The molecule has 1 aliphatic heterocycles. The zero-order valence-electron chi connectivity index (χ0n) is 14.0. The van der Waals surface area contributed by atoms with Crippen LogP contribution in [0.4, 0.5) is 10.5 Å². The van der Waals surface area contributed by atoms with Crippen LogP contribution in [-0.4, -0.2) is 42.3 Å². The van der Waals surface area contributed by atoms with Gasteiger partial charge in [0.1, 0.15) is 18.9 Å².